The van der Waals surface area contributed by atoms with Crippen LogP contribution in [0.1, 0.15) is 43.1 Å². The Balaban J connectivity index is 1.63. The number of aromatic nitrogens is 2. The van der Waals surface area contributed by atoms with Gasteiger partial charge in [-0.2, -0.15) is 0 Å². The van der Waals surface area contributed by atoms with Gasteiger partial charge in [0.05, 0.1) is 0 Å². The van der Waals surface area contributed by atoms with Crippen molar-refractivity contribution in [3.63, 3.8) is 0 Å². The van der Waals surface area contributed by atoms with Crippen LogP contribution in [0, 0.1) is 5.92 Å². The van der Waals surface area contributed by atoms with Crippen molar-refractivity contribution in [2.75, 3.05) is 45.2 Å². The summed E-state index contributed by atoms with van der Waals surface area (Å²) in [5.41, 5.74) is 0.478. The van der Waals surface area contributed by atoms with Gasteiger partial charge in [-0.1, -0.05) is 31.2 Å². The van der Waals surface area contributed by atoms with E-state index in [1.54, 1.807) is 0 Å². The standard InChI is InChI=1S/C22H31N5O/c1-16-8-14-27(15-9-16)21-19-7-5-4-6-18(19)20(23-24-21)22(28)26(3)17-10-12-25(2)13-11-17/h4-7,16-17H,8-15H2,1-3H3. The molecule has 2 saturated heterocycles. The molecule has 150 valence electrons. The first kappa shape index (κ1) is 19.1. The highest BCUT2D eigenvalue weighted by Crippen LogP contribution is 2.30. The highest BCUT2D eigenvalue weighted by atomic mass is 16.2. The summed E-state index contributed by atoms with van der Waals surface area (Å²) in [6.45, 7) is 6.37. The summed E-state index contributed by atoms with van der Waals surface area (Å²) in [5, 5.41) is 10.9. The molecule has 1 aromatic heterocycles. The van der Waals surface area contributed by atoms with E-state index in [2.05, 4.69) is 40.0 Å². The van der Waals surface area contributed by atoms with E-state index in [9.17, 15) is 4.79 Å². The number of likely N-dealkylation sites (tertiary alicyclic amines) is 1. The molecule has 6 heteroatoms. The molecule has 0 N–H and O–H groups in total. The van der Waals surface area contributed by atoms with Gasteiger partial charge in [-0.3, -0.25) is 4.79 Å². The SMILES string of the molecule is CC1CCN(c2nnc(C(=O)N(C)C3CCN(C)CC3)c3ccccc23)CC1. The Labute approximate surface area is 167 Å². The number of amides is 1. The number of hydrogen-bond acceptors (Lipinski definition) is 5. The zero-order valence-corrected chi connectivity index (χ0v) is 17.3. The molecule has 0 saturated carbocycles. The maximum atomic E-state index is 13.3. The minimum Gasteiger partial charge on any atom is -0.355 e. The van der Waals surface area contributed by atoms with Gasteiger partial charge in [0.2, 0.25) is 0 Å². The van der Waals surface area contributed by atoms with Crippen LogP contribution in [0.3, 0.4) is 0 Å². The second-order valence-electron chi connectivity index (χ2n) is 8.54. The van der Waals surface area contributed by atoms with E-state index >= 15 is 0 Å². The van der Waals surface area contributed by atoms with Crippen LogP contribution < -0.4 is 4.90 Å². The molecule has 0 aliphatic carbocycles. The van der Waals surface area contributed by atoms with Crippen LogP contribution in [0.15, 0.2) is 24.3 Å². The molecule has 2 fully saturated rings. The van der Waals surface area contributed by atoms with Gasteiger partial charge in [0.25, 0.3) is 5.91 Å². The number of rotatable bonds is 3. The van der Waals surface area contributed by atoms with Gasteiger partial charge in [0.15, 0.2) is 11.5 Å². The lowest BCUT2D eigenvalue weighted by Gasteiger charge is -2.35. The minimum absolute atomic E-state index is 0.0166. The van der Waals surface area contributed by atoms with Crippen molar-refractivity contribution in [3.05, 3.63) is 30.0 Å². The van der Waals surface area contributed by atoms with Crippen LogP contribution in [-0.2, 0) is 0 Å². The first-order chi connectivity index (χ1) is 13.5. The largest absolute Gasteiger partial charge is 0.355 e. The average molecular weight is 382 g/mol. The molecule has 2 aromatic rings. The molecule has 0 spiro atoms. The number of carbonyl (C=O) groups excluding carboxylic acids is 1. The molecule has 28 heavy (non-hydrogen) atoms. The van der Waals surface area contributed by atoms with Crippen molar-refractivity contribution < 1.29 is 4.79 Å². The molecule has 6 nitrogen and oxygen atoms in total. The van der Waals surface area contributed by atoms with Crippen molar-refractivity contribution in [1.29, 1.82) is 0 Å². The second-order valence-corrected chi connectivity index (χ2v) is 8.54. The maximum Gasteiger partial charge on any atom is 0.275 e. The molecular formula is C22H31N5O. The van der Waals surface area contributed by atoms with E-state index in [1.807, 2.05) is 30.1 Å². The number of nitrogens with zero attached hydrogens (tertiary/aromatic N) is 5. The van der Waals surface area contributed by atoms with Crippen LogP contribution in [0.5, 0.6) is 0 Å². The normalized spacial score (nSPS) is 19.9. The zero-order valence-electron chi connectivity index (χ0n) is 17.3. The second kappa shape index (κ2) is 8.03. The van der Waals surface area contributed by atoms with Crippen LogP contribution in [0.25, 0.3) is 10.8 Å². The fourth-order valence-corrected chi connectivity index (χ4v) is 4.42. The molecule has 2 aliphatic heterocycles. The van der Waals surface area contributed by atoms with E-state index in [1.165, 1.54) is 12.8 Å². The third-order valence-corrected chi connectivity index (χ3v) is 6.51. The highest BCUT2D eigenvalue weighted by molar-refractivity contribution is 6.07. The average Bonchev–Trinajstić information content (AvgIpc) is 2.73. The third kappa shape index (κ3) is 3.70. The number of fused-ring (bicyclic) bond motifs is 1. The van der Waals surface area contributed by atoms with E-state index in [-0.39, 0.29) is 11.9 Å². The van der Waals surface area contributed by atoms with Gasteiger partial charge in [-0.15, -0.1) is 10.2 Å². The number of benzene rings is 1. The highest BCUT2D eigenvalue weighted by Gasteiger charge is 2.28. The van der Waals surface area contributed by atoms with Crippen LogP contribution in [0.4, 0.5) is 5.82 Å². The monoisotopic (exact) mass is 381 g/mol. The zero-order chi connectivity index (χ0) is 19.7. The quantitative estimate of drug-likeness (QED) is 0.818. The lowest BCUT2D eigenvalue weighted by atomic mass is 9.98. The lowest BCUT2D eigenvalue weighted by Crippen LogP contribution is -2.44. The van der Waals surface area contributed by atoms with Gasteiger partial charge in [-0.25, -0.2) is 0 Å². The molecule has 0 atom stereocenters. The summed E-state index contributed by atoms with van der Waals surface area (Å²) in [6.07, 6.45) is 4.37. The third-order valence-electron chi connectivity index (χ3n) is 6.51. The molecular weight excluding hydrogens is 350 g/mol. The summed E-state index contributed by atoms with van der Waals surface area (Å²) >= 11 is 0. The van der Waals surface area contributed by atoms with Gasteiger partial charge >= 0.3 is 0 Å². The topological polar surface area (TPSA) is 52.6 Å². The molecule has 1 aromatic carbocycles. The smallest absolute Gasteiger partial charge is 0.275 e. The number of hydrogen-bond donors (Lipinski definition) is 0. The van der Waals surface area contributed by atoms with Gasteiger partial charge in [0.1, 0.15) is 0 Å². The Morgan fingerprint density at radius 3 is 2.32 bits per heavy atom. The first-order valence-electron chi connectivity index (χ1n) is 10.5. The predicted molar refractivity (Wildman–Crippen MR) is 113 cm³/mol. The van der Waals surface area contributed by atoms with Crippen molar-refractivity contribution in [2.24, 2.45) is 5.92 Å². The fraction of sp³-hybridized carbons (Fsp3) is 0.591. The minimum atomic E-state index is -0.0166. The molecule has 0 bridgehead atoms. The van der Waals surface area contributed by atoms with Gasteiger partial charge < -0.3 is 14.7 Å². The Bertz CT molecular complexity index is 838. The maximum absolute atomic E-state index is 13.3. The van der Waals surface area contributed by atoms with E-state index < -0.39 is 0 Å². The lowest BCUT2D eigenvalue weighted by molar-refractivity contribution is 0.0655. The van der Waals surface area contributed by atoms with E-state index in [0.29, 0.717) is 5.69 Å². The molecule has 0 unspecified atom stereocenters. The number of carbonyl (C=O) groups is 1. The Morgan fingerprint density at radius 2 is 1.64 bits per heavy atom. The number of piperidine rings is 2. The van der Waals surface area contributed by atoms with Crippen molar-refractivity contribution in [1.82, 2.24) is 20.0 Å². The van der Waals surface area contributed by atoms with Crippen molar-refractivity contribution in [3.8, 4) is 0 Å². The van der Waals surface area contributed by atoms with E-state index in [0.717, 1.165) is 61.5 Å². The van der Waals surface area contributed by atoms with E-state index in [4.69, 9.17) is 0 Å². The van der Waals surface area contributed by atoms with Crippen LogP contribution in [0.2, 0.25) is 0 Å². The first-order valence-corrected chi connectivity index (χ1v) is 10.5. The van der Waals surface area contributed by atoms with Crippen molar-refractivity contribution in [2.45, 2.75) is 38.6 Å². The van der Waals surface area contributed by atoms with Crippen molar-refractivity contribution >= 4 is 22.5 Å². The summed E-state index contributed by atoms with van der Waals surface area (Å²) < 4.78 is 0. The summed E-state index contributed by atoms with van der Waals surface area (Å²) in [7, 11) is 4.05. The van der Waals surface area contributed by atoms with Crippen LogP contribution in [-0.4, -0.2) is 72.2 Å². The molecule has 1 amide bonds. The molecule has 3 heterocycles. The Kier molecular flexibility index (Phi) is 5.49. The Hall–Kier alpha value is -2.21. The fourth-order valence-electron chi connectivity index (χ4n) is 4.42. The molecule has 4 rings (SSSR count). The van der Waals surface area contributed by atoms with Gasteiger partial charge in [0, 0.05) is 37.0 Å². The summed E-state index contributed by atoms with van der Waals surface area (Å²) in [5.74, 6) is 1.66. The summed E-state index contributed by atoms with van der Waals surface area (Å²) in [4.78, 5) is 19.8. The predicted octanol–water partition coefficient (Wildman–Crippen LogP) is 3.03. The molecule has 0 radical (unpaired) electrons. The van der Waals surface area contributed by atoms with Crippen LogP contribution >= 0.6 is 0 Å². The number of anilines is 1. The Morgan fingerprint density at radius 1 is 1.00 bits per heavy atom. The molecule has 2 aliphatic rings. The van der Waals surface area contributed by atoms with Gasteiger partial charge in [-0.05, 0) is 51.7 Å². The summed E-state index contributed by atoms with van der Waals surface area (Å²) in [6, 6.07) is 8.36.